The van der Waals surface area contributed by atoms with Crippen molar-refractivity contribution in [3.63, 3.8) is 0 Å². The molecule has 2 N–H and O–H groups in total. The van der Waals surface area contributed by atoms with Crippen molar-refractivity contribution in [2.45, 2.75) is 59.1 Å². The van der Waals surface area contributed by atoms with Crippen LogP contribution in [0.5, 0.6) is 0 Å². The van der Waals surface area contributed by atoms with Crippen molar-refractivity contribution in [1.82, 2.24) is 19.9 Å². The second kappa shape index (κ2) is 9.04. The van der Waals surface area contributed by atoms with E-state index in [-0.39, 0.29) is 16.9 Å². The van der Waals surface area contributed by atoms with E-state index in [1.54, 1.807) is 20.8 Å². The number of hydrogen-bond donors (Lipinski definition) is 2. The standard InChI is InChI=1S/C28H33F3N6O2/c1-15(19-8-7-9-21(23(19)29)28(30,31)26(5,6)39)32-24-20-10-22(16(2)33-25(20)35-17(3)34-24)37-13-27(14-37)11-36(12-27)18(4)38/h7-10,15,39H,11-14H2,1-6H3,(H,32,33,34,35)/t15-/m1/s1. The van der Waals surface area contributed by atoms with E-state index in [9.17, 15) is 18.7 Å². The summed E-state index contributed by atoms with van der Waals surface area (Å²) in [6.07, 6.45) is 0. The molecule has 8 nitrogen and oxygen atoms in total. The molecule has 0 radical (unpaired) electrons. The first-order valence-electron chi connectivity index (χ1n) is 12.9. The third kappa shape index (κ3) is 4.56. The van der Waals surface area contributed by atoms with Crippen LogP contribution in [0.25, 0.3) is 11.0 Å². The molecule has 1 spiro atoms. The highest BCUT2D eigenvalue weighted by molar-refractivity contribution is 5.90. The zero-order chi connectivity index (χ0) is 28.5. The third-order valence-corrected chi connectivity index (χ3v) is 7.81. The SMILES string of the molecule is CC(=O)N1CC2(C1)CN(c1cc3c(N[C@H](C)c4cccc(C(F)(F)C(C)(C)O)c4F)nc(C)nc3nc1C)C2. The van der Waals surface area contributed by atoms with Crippen molar-refractivity contribution in [1.29, 1.82) is 0 Å². The fourth-order valence-corrected chi connectivity index (χ4v) is 5.53. The predicted molar refractivity (Wildman–Crippen MR) is 142 cm³/mol. The summed E-state index contributed by atoms with van der Waals surface area (Å²) in [6, 6.07) is 5.00. The number of rotatable bonds is 6. The number of hydrogen-bond acceptors (Lipinski definition) is 7. The van der Waals surface area contributed by atoms with E-state index in [2.05, 4.69) is 20.2 Å². The number of aromatic nitrogens is 3. The Morgan fingerprint density at radius 1 is 1.13 bits per heavy atom. The Kier molecular flexibility index (Phi) is 6.28. The highest BCUT2D eigenvalue weighted by Gasteiger charge is 2.53. The van der Waals surface area contributed by atoms with E-state index >= 15 is 4.39 Å². The van der Waals surface area contributed by atoms with Crippen LogP contribution in [-0.2, 0) is 10.7 Å². The molecule has 2 fully saturated rings. The maximum absolute atomic E-state index is 15.4. The van der Waals surface area contributed by atoms with Crippen molar-refractivity contribution in [2.75, 3.05) is 36.4 Å². The predicted octanol–water partition coefficient (Wildman–Crippen LogP) is 4.49. The molecule has 1 amide bonds. The number of aliphatic hydroxyl groups is 1. The molecule has 2 saturated heterocycles. The molecule has 3 aromatic rings. The summed E-state index contributed by atoms with van der Waals surface area (Å²) in [5, 5.41) is 13.8. The highest BCUT2D eigenvalue weighted by Crippen LogP contribution is 2.44. The van der Waals surface area contributed by atoms with Gasteiger partial charge in [0.15, 0.2) is 5.65 Å². The summed E-state index contributed by atoms with van der Waals surface area (Å²) in [5.74, 6) is -3.91. The van der Waals surface area contributed by atoms with Gasteiger partial charge in [0, 0.05) is 44.1 Å². The molecule has 39 heavy (non-hydrogen) atoms. The van der Waals surface area contributed by atoms with Gasteiger partial charge in [0.05, 0.1) is 28.4 Å². The Hall–Kier alpha value is -3.47. The molecule has 0 bridgehead atoms. The van der Waals surface area contributed by atoms with Crippen LogP contribution in [0.2, 0.25) is 0 Å². The van der Waals surface area contributed by atoms with E-state index in [0.717, 1.165) is 57.5 Å². The lowest BCUT2D eigenvalue weighted by Crippen LogP contribution is -2.73. The first kappa shape index (κ1) is 27.1. The van der Waals surface area contributed by atoms with Crippen LogP contribution in [0.1, 0.15) is 56.4 Å². The normalized spacial score (nSPS) is 17.7. The number of nitrogens with one attached hydrogen (secondary N) is 1. The average molecular weight is 543 g/mol. The molecule has 2 aliphatic rings. The van der Waals surface area contributed by atoms with Gasteiger partial charge >= 0.3 is 5.92 Å². The average Bonchev–Trinajstić information content (AvgIpc) is 2.76. The molecule has 0 saturated carbocycles. The number of likely N-dealkylation sites (tertiary alicyclic amines) is 1. The smallest absolute Gasteiger partial charge is 0.303 e. The minimum absolute atomic E-state index is 0.0193. The lowest BCUT2D eigenvalue weighted by molar-refractivity contribution is -0.170. The molecule has 11 heteroatoms. The maximum atomic E-state index is 15.4. The number of carbonyl (C=O) groups excluding carboxylic acids is 1. The van der Waals surface area contributed by atoms with Gasteiger partial charge in [-0.3, -0.25) is 4.79 Å². The summed E-state index contributed by atoms with van der Waals surface area (Å²) >= 11 is 0. The van der Waals surface area contributed by atoms with Crippen molar-refractivity contribution in [3.05, 3.63) is 52.7 Å². The first-order valence-corrected chi connectivity index (χ1v) is 12.9. The van der Waals surface area contributed by atoms with Gasteiger partial charge in [-0.1, -0.05) is 12.1 Å². The number of anilines is 2. The third-order valence-electron chi connectivity index (χ3n) is 7.81. The quantitative estimate of drug-likeness (QED) is 0.474. The molecule has 2 aromatic heterocycles. The summed E-state index contributed by atoms with van der Waals surface area (Å²) in [6.45, 7) is 11.9. The number of nitrogens with zero attached hydrogens (tertiary/aromatic N) is 5. The first-order chi connectivity index (χ1) is 18.1. The Labute approximate surface area is 225 Å². The molecule has 1 atom stereocenters. The zero-order valence-corrected chi connectivity index (χ0v) is 22.9. The van der Waals surface area contributed by atoms with Gasteiger partial charge in [-0.25, -0.2) is 19.3 Å². The van der Waals surface area contributed by atoms with Crippen LogP contribution in [0, 0.1) is 25.1 Å². The number of amides is 1. The van der Waals surface area contributed by atoms with Gasteiger partial charge in [-0.05, 0) is 46.8 Å². The van der Waals surface area contributed by atoms with E-state index in [1.807, 2.05) is 17.9 Å². The zero-order valence-electron chi connectivity index (χ0n) is 22.9. The fourth-order valence-electron chi connectivity index (χ4n) is 5.53. The van der Waals surface area contributed by atoms with Crippen LogP contribution in [-0.4, -0.2) is 62.6 Å². The van der Waals surface area contributed by atoms with Crippen molar-refractivity contribution < 1.29 is 23.1 Å². The second-order valence-electron chi connectivity index (χ2n) is 11.5. The van der Waals surface area contributed by atoms with Gasteiger partial charge < -0.3 is 20.2 Å². The van der Waals surface area contributed by atoms with Crippen LogP contribution in [0.3, 0.4) is 0 Å². The van der Waals surface area contributed by atoms with Gasteiger partial charge in [-0.2, -0.15) is 8.78 Å². The summed E-state index contributed by atoms with van der Waals surface area (Å²) in [5.41, 5.74) is -0.966. The molecule has 4 heterocycles. The minimum atomic E-state index is -3.79. The number of halogens is 3. The Morgan fingerprint density at radius 3 is 2.41 bits per heavy atom. The number of benzene rings is 1. The maximum Gasteiger partial charge on any atom is 0.303 e. The molecular formula is C28H33F3N6O2. The van der Waals surface area contributed by atoms with E-state index in [1.165, 1.54) is 12.1 Å². The van der Waals surface area contributed by atoms with Crippen LogP contribution in [0.4, 0.5) is 24.7 Å². The monoisotopic (exact) mass is 542 g/mol. The number of pyridine rings is 1. The van der Waals surface area contributed by atoms with Crippen LogP contribution < -0.4 is 10.2 Å². The number of aryl methyl sites for hydroxylation is 2. The molecule has 0 aliphatic carbocycles. The minimum Gasteiger partial charge on any atom is -0.384 e. The summed E-state index contributed by atoms with van der Waals surface area (Å²) in [7, 11) is 0. The largest absolute Gasteiger partial charge is 0.384 e. The topological polar surface area (TPSA) is 94.5 Å². The van der Waals surface area contributed by atoms with Crippen LogP contribution in [0.15, 0.2) is 24.3 Å². The van der Waals surface area contributed by atoms with E-state index < -0.39 is 28.9 Å². The van der Waals surface area contributed by atoms with Gasteiger partial charge in [-0.15, -0.1) is 0 Å². The second-order valence-corrected chi connectivity index (χ2v) is 11.5. The Bertz CT molecular complexity index is 1460. The molecule has 0 unspecified atom stereocenters. The Morgan fingerprint density at radius 2 is 1.79 bits per heavy atom. The van der Waals surface area contributed by atoms with Crippen molar-refractivity contribution >= 4 is 28.4 Å². The Balaban J connectivity index is 1.44. The van der Waals surface area contributed by atoms with Crippen LogP contribution >= 0.6 is 0 Å². The molecule has 2 aliphatic heterocycles. The van der Waals surface area contributed by atoms with Gasteiger partial charge in [0.1, 0.15) is 23.1 Å². The lowest BCUT2D eigenvalue weighted by Gasteiger charge is -2.60. The fraction of sp³-hybridized carbons (Fsp3) is 0.500. The molecule has 208 valence electrons. The molecule has 5 rings (SSSR count). The van der Waals surface area contributed by atoms with Crippen molar-refractivity contribution in [3.8, 4) is 0 Å². The van der Waals surface area contributed by atoms with E-state index in [0.29, 0.717) is 22.7 Å². The van der Waals surface area contributed by atoms with Gasteiger partial charge in [0.2, 0.25) is 5.91 Å². The number of alkyl halides is 2. The molecule has 1 aromatic carbocycles. The van der Waals surface area contributed by atoms with Crippen molar-refractivity contribution in [2.24, 2.45) is 5.41 Å². The summed E-state index contributed by atoms with van der Waals surface area (Å²) in [4.78, 5) is 29.4. The number of fused-ring (bicyclic) bond motifs is 1. The lowest BCUT2D eigenvalue weighted by atomic mass is 9.72. The van der Waals surface area contributed by atoms with E-state index in [4.69, 9.17) is 4.98 Å². The van der Waals surface area contributed by atoms with Gasteiger partial charge in [0.25, 0.3) is 0 Å². The highest BCUT2D eigenvalue weighted by atomic mass is 19.3. The molecular weight excluding hydrogens is 509 g/mol. The number of carbonyl (C=O) groups is 1. The summed E-state index contributed by atoms with van der Waals surface area (Å²) < 4.78 is 45.1.